The molecule has 2 heterocycles. The first kappa shape index (κ1) is 18.1. The molecule has 0 unspecified atom stereocenters. The van der Waals surface area contributed by atoms with Gasteiger partial charge in [-0.2, -0.15) is 17.0 Å². The summed E-state index contributed by atoms with van der Waals surface area (Å²) in [7, 11) is -3.44. The third-order valence-electron chi connectivity index (χ3n) is 5.45. The summed E-state index contributed by atoms with van der Waals surface area (Å²) in [6.45, 7) is 3.92. The van der Waals surface area contributed by atoms with E-state index < -0.39 is 10.2 Å². The number of nitrogens with zero attached hydrogens (tertiary/aromatic N) is 3. The highest BCUT2D eigenvalue weighted by atomic mass is 32.2. The largest absolute Gasteiger partial charge is 0.379 e. The zero-order chi connectivity index (χ0) is 17.2. The fourth-order valence-corrected chi connectivity index (χ4v) is 5.52. The predicted molar refractivity (Wildman–Crippen MR) is 89.4 cm³/mol. The van der Waals surface area contributed by atoms with Gasteiger partial charge in [0.1, 0.15) is 0 Å². The molecule has 0 aromatic rings. The number of ether oxygens (including phenoxy) is 1. The summed E-state index contributed by atoms with van der Waals surface area (Å²) in [5.74, 6) is 0.469. The zero-order valence-electron chi connectivity index (χ0n) is 14.1. The van der Waals surface area contributed by atoms with Crippen molar-refractivity contribution >= 4 is 16.1 Å². The molecule has 1 aliphatic carbocycles. The fraction of sp³-hybridized carbons (Fsp3) is 0.933. The lowest BCUT2D eigenvalue weighted by Crippen LogP contribution is -2.56. The smallest absolute Gasteiger partial charge is 0.282 e. The van der Waals surface area contributed by atoms with Crippen LogP contribution in [0.1, 0.15) is 19.3 Å². The Labute approximate surface area is 144 Å². The van der Waals surface area contributed by atoms with Crippen molar-refractivity contribution in [1.82, 2.24) is 13.5 Å². The van der Waals surface area contributed by atoms with E-state index in [0.29, 0.717) is 59.0 Å². The third-order valence-corrected chi connectivity index (χ3v) is 7.49. The third kappa shape index (κ3) is 3.60. The molecule has 0 aromatic heterocycles. The molecule has 138 valence electrons. The van der Waals surface area contributed by atoms with Gasteiger partial charge in [-0.15, -0.1) is 0 Å². The number of hydrogen-bond acceptors (Lipinski definition) is 5. The first-order valence-electron chi connectivity index (χ1n) is 8.86. The van der Waals surface area contributed by atoms with Crippen LogP contribution in [0.3, 0.4) is 0 Å². The van der Waals surface area contributed by atoms with Gasteiger partial charge < -0.3 is 15.4 Å². The van der Waals surface area contributed by atoms with E-state index in [2.05, 4.69) is 0 Å². The number of carbonyl (C=O) groups excluding carboxylic acids is 1. The van der Waals surface area contributed by atoms with E-state index in [9.17, 15) is 13.2 Å². The molecule has 0 radical (unpaired) electrons. The second-order valence-corrected chi connectivity index (χ2v) is 8.71. The van der Waals surface area contributed by atoms with Gasteiger partial charge in [-0.05, 0) is 25.3 Å². The van der Waals surface area contributed by atoms with Crippen LogP contribution in [0.15, 0.2) is 0 Å². The van der Waals surface area contributed by atoms with Gasteiger partial charge in [-0.3, -0.25) is 4.79 Å². The Bertz CT molecular complexity index is 542. The maximum absolute atomic E-state index is 12.7. The van der Waals surface area contributed by atoms with Gasteiger partial charge in [0, 0.05) is 45.2 Å². The van der Waals surface area contributed by atoms with Crippen LogP contribution in [-0.4, -0.2) is 86.9 Å². The van der Waals surface area contributed by atoms with Crippen LogP contribution in [-0.2, 0) is 19.7 Å². The first-order valence-corrected chi connectivity index (χ1v) is 10.3. The molecule has 1 amide bonds. The summed E-state index contributed by atoms with van der Waals surface area (Å²) in [4.78, 5) is 14.5. The summed E-state index contributed by atoms with van der Waals surface area (Å²) < 4.78 is 33.5. The van der Waals surface area contributed by atoms with Crippen LogP contribution in [0.25, 0.3) is 0 Å². The average molecular weight is 360 g/mol. The quantitative estimate of drug-likeness (QED) is 0.700. The van der Waals surface area contributed by atoms with Crippen molar-refractivity contribution in [2.75, 3.05) is 59.0 Å². The molecule has 8 nitrogen and oxygen atoms in total. The molecule has 0 spiro atoms. The molecule has 0 bridgehead atoms. The lowest BCUT2D eigenvalue weighted by atomic mass is 9.94. The second-order valence-electron chi connectivity index (χ2n) is 6.78. The SMILES string of the molecule is NC[C@H]1CCC[C@H]1C(=O)N1CCN(S(=O)(=O)N2CCOCC2)CC1. The molecule has 3 aliphatic rings. The van der Waals surface area contributed by atoms with E-state index in [1.54, 1.807) is 0 Å². The van der Waals surface area contributed by atoms with Gasteiger partial charge in [0.15, 0.2) is 0 Å². The molecular formula is C15H28N4O4S. The average Bonchev–Trinajstić information content (AvgIpc) is 3.10. The van der Waals surface area contributed by atoms with E-state index in [1.165, 1.54) is 8.61 Å². The Morgan fingerprint density at radius 1 is 1.00 bits per heavy atom. The molecule has 2 saturated heterocycles. The van der Waals surface area contributed by atoms with Crippen LogP contribution in [0.5, 0.6) is 0 Å². The Balaban J connectivity index is 1.56. The number of morpholine rings is 1. The highest BCUT2D eigenvalue weighted by Crippen LogP contribution is 2.32. The van der Waals surface area contributed by atoms with Crippen LogP contribution in [0.4, 0.5) is 0 Å². The maximum atomic E-state index is 12.7. The van der Waals surface area contributed by atoms with E-state index in [4.69, 9.17) is 10.5 Å². The van der Waals surface area contributed by atoms with Gasteiger partial charge in [-0.1, -0.05) is 6.42 Å². The molecule has 0 aromatic carbocycles. The number of carbonyl (C=O) groups is 1. The van der Waals surface area contributed by atoms with Crippen molar-refractivity contribution in [3.05, 3.63) is 0 Å². The highest BCUT2D eigenvalue weighted by molar-refractivity contribution is 7.86. The molecule has 3 fully saturated rings. The van der Waals surface area contributed by atoms with Gasteiger partial charge in [0.05, 0.1) is 13.2 Å². The monoisotopic (exact) mass is 360 g/mol. The van der Waals surface area contributed by atoms with E-state index in [1.807, 2.05) is 4.90 Å². The Kier molecular flexibility index (Phi) is 5.76. The summed E-state index contributed by atoms with van der Waals surface area (Å²) in [5, 5.41) is 0. The van der Waals surface area contributed by atoms with Crippen molar-refractivity contribution in [2.45, 2.75) is 19.3 Å². The lowest BCUT2D eigenvalue weighted by molar-refractivity contribution is -0.137. The van der Waals surface area contributed by atoms with Crippen molar-refractivity contribution in [3.63, 3.8) is 0 Å². The summed E-state index contributed by atoms with van der Waals surface area (Å²) >= 11 is 0. The van der Waals surface area contributed by atoms with Gasteiger partial charge >= 0.3 is 0 Å². The maximum Gasteiger partial charge on any atom is 0.282 e. The minimum absolute atomic E-state index is 0.0254. The second kappa shape index (κ2) is 7.65. The Morgan fingerprint density at radius 2 is 1.62 bits per heavy atom. The number of nitrogens with two attached hydrogens (primary N) is 1. The Hall–Kier alpha value is -0.740. The molecule has 24 heavy (non-hydrogen) atoms. The molecule has 2 atom stereocenters. The van der Waals surface area contributed by atoms with Crippen molar-refractivity contribution in [1.29, 1.82) is 0 Å². The number of hydrogen-bond donors (Lipinski definition) is 1. The van der Waals surface area contributed by atoms with Gasteiger partial charge in [0.25, 0.3) is 10.2 Å². The molecule has 2 N–H and O–H groups in total. The van der Waals surface area contributed by atoms with Crippen molar-refractivity contribution < 1.29 is 17.9 Å². The lowest BCUT2D eigenvalue weighted by Gasteiger charge is -2.38. The van der Waals surface area contributed by atoms with Crippen LogP contribution in [0.2, 0.25) is 0 Å². The summed E-state index contributed by atoms with van der Waals surface area (Å²) in [6, 6.07) is 0. The van der Waals surface area contributed by atoms with E-state index >= 15 is 0 Å². The standard InChI is InChI=1S/C15H28N4O4S/c16-12-13-2-1-3-14(13)15(20)17-4-6-18(7-5-17)24(21,22)19-8-10-23-11-9-19/h13-14H,1-12,16H2/t13-,14-/m1/s1. The molecular weight excluding hydrogens is 332 g/mol. The first-order chi connectivity index (χ1) is 11.5. The molecule has 9 heteroatoms. The Morgan fingerprint density at radius 3 is 2.25 bits per heavy atom. The number of rotatable bonds is 4. The predicted octanol–water partition coefficient (Wildman–Crippen LogP) is -0.917. The minimum atomic E-state index is -3.44. The van der Waals surface area contributed by atoms with Crippen molar-refractivity contribution in [3.8, 4) is 0 Å². The van der Waals surface area contributed by atoms with Crippen LogP contribution < -0.4 is 5.73 Å². The topological polar surface area (TPSA) is 96.2 Å². The number of piperazine rings is 1. The van der Waals surface area contributed by atoms with Gasteiger partial charge in [0.2, 0.25) is 5.91 Å². The summed E-state index contributed by atoms with van der Waals surface area (Å²) in [5.41, 5.74) is 5.78. The van der Waals surface area contributed by atoms with Gasteiger partial charge in [-0.25, -0.2) is 0 Å². The molecule has 2 aliphatic heterocycles. The normalized spacial score (nSPS) is 30.6. The minimum Gasteiger partial charge on any atom is -0.379 e. The van der Waals surface area contributed by atoms with Crippen molar-refractivity contribution in [2.24, 2.45) is 17.6 Å². The molecule has 1 saturated carbocycles. The van der Waals surface area contributed by atoms with E-state index in [-0.39, 0.29) is 17.7 Å². The zero-order valence-corrected chi connectivity index (χ0v) is 14.9. The van der Waals surface area contributed by atoms with Crippen LogP contribution in [0, 0.1) is 11.8 Å². The van der Waals surface area contributed by atoms with E-state index in [0.717, 1.165) is 19.3 Å². The van der Waals surface area contributed by atoms with Crippen LogP contribution >= 0.6 is 0 Å². The number of amides is 1. The fourth-order valence-electron chi connectivity index (χ4n) is 3.96. The molecule has 3 rings (SSSR count). The highest BCUT2D eigenvalue weighted by Gasteiger charge is 2.38. The summed E-state index contributed by atoms with van der Waals surface area (Å²) in [6.07, 6.45) is 2.99.